The number of carbonyl (C=O) groups excluding carboxylic acids is 1. The number of cyclic esters (lactones) is 1. The van der Waals surface area contributed by atoms with Gasteiger partial charge in [0.25, 0.3) is 0 Å². The molecule has 25 heavy (non-hydrogen) atoms. The Morgan fingerprint density at radius 1 is 1.08 bits per heavy atom. The summed E-state index contributed by atoms with van der Waals surface area (Å²) in [6, 6.07) is 1.92. The van der Waals surface area contributed by atoms with Gasteiger partial charge in [0.2, 0.25) is 0 Å². The number of thiophene rings is 1. The highest BCUT2D eigenvalue weighted by Crippen LogP contribution is 2.25. The monoisotopic (exact) mass is 364 g/mol. The predicted molar refractivity (Wildman–Crippen MR) is 107 cm³/mol. The van der Waals surface area contributed by atoms with Crippen LogP contribution in [0.5, 0.6) is 0 Å². The Morgan fingerprint density at radius 2 is 1.76 bits per heavy atom. The van der Waals surface area contributed by atoms with E-state index in [4.69, 9.17) is 4.74 Å². The van der Waals surface area contributed by atoms with E-state index in [0.29, 0.717) is 17.9 Å². The summed E-state index contributed by atoms with van der Waals surface area (Å²) in [4.78, 5) is 17.1. The van der Waals surface area contributed by atoms with Crippen LogP contribution in [-0.4, -0.2) is 25.0 Å². The van der Waals surface area contributed by atoms with Gasteiger partial charge in [0.1, 0.15) is 10.7 Å². The molecule has 1 aliphatic rings. The second kappa shape index (κ2) is 12.1. The molecule has 5 heteroatoms. The fourth-order valence-corrected chi connectivity index (χ4v) is 3.76. The molecule has 4 nitrogen and oxygen atoms in total. The lowest BCUT2D eigenvalue weighted by atomic mass is 10.1. The zero-order valence-corrected chi connectivity index (χ0v) is 16.3. The first-order chi connectivity index (χ1) is 12.3. The van der Waals surface area contributed by atoms with Gasteiger partial charge >= 0.3 is 5.97 Å². The first-order valence-electron chi connectivity index (χ1n) is 9.86. The van der Waals surface area contributed by atoms with Crippen molar-refractivity contribution in [3.63, 3.8) is 0 Å². The molecule has 0 aromatic carbocycles. The van der Waals surface area contributed by atoms with E-state index in [1.807, 2.05) is 11.4 Å². The van der Waals surface area contributed by atoms with Crippen LogP contribution in [0.15, 0.2) is 16.4 Å². The number of fused-ring (bicyclic) bond motifs is 1. The van der Waals surface area contributed by atoms with Gasteiger partial charge in [-0.15, -0.1) is 11.3 Å². The Kier molecular flexibility index (Phi) is 9.63. The summed E-state index contributed by atoms with van der Waals surface area (Å²) in [6.45, 7) is 3.52. The minimum Gasteiger partial charge on any atom is -0.461 e. The van der Waals surface area contributed by atoms with E-state index in [1.54, 1.807) is 0 Å². The van der Waals surface area contributed by atoms with Crippen molar-refractivity contribution < 1.29 is 9.53 Å². The molecule has 0 atom stereocenters. The van der Waals surface area contributed by atoms with Gasteiger partial charge in [-0.05, 0) is 17.9 Å². The van der Waals surface area contributed by atoms with Gasteiger partial charge in [0, 0.05) is 13.0 Å². The molecule has 0 fully saturated rings. The first kappa shape index (κ1) is 20.0. The van der Waals surface area contributed by atoms with Crippen molar-refractivity contribution in [1.29, 1.82) is 0 Å². The van der Waals surface area contributed by atoms with Crippen molar-refractivity contribution in [3.05, 3.63) is 16.3 Å². The van der Waals surface area contributed by atoms with E-state index in [2.05, 4.69) is 17.2 Å². The van der Waals surface area contributed by atoms with E-state index >= 15 is 0 Å². The Balaban J connectivity index is 1.58. The Bertz CT molecular complexity index is 540. The Morgan fingerprint density at radius 3 is 2.48 bits per heavy atom. The number of nitrogens with zero attached hydrogens (tertiary/aromatic N) is 1. The van der Waals surface area contributed by atoms with Crippen LogP contribution in [-0.2, 0) is 4.74 Å². The lowest BCUT2D eigenvalue weighted by Crippen LogP contribution is -2.21. The molecule has 140 valence electrons. The van der Waals surface area contributed by atoms with Crippen molar-refractivity contribution in [3.8, 4) is 0 Å². The molecule has 0 amide bonds. The molecule has 0 saturated carbocycles. The third-order valence-electron chi connectivity index (χ3n) is 4.52. The molecule has 2 rings (SSSR count). The third-order valence-corrected chi connectivity index (χ3v) is 5.41. The number of rotatable bonds is 11. The van der Waals surface area contributed by atoms with Crippen LogP contribution in [0, 0.1) is 0 Å². The topological polar surface area (TPSA) is 50.7 Å². The number of aliphatic imine (C=N–C) groups is 1. The average Bonchev–Trinajstić information content (AvgIpc) is 3.05. The van der Waals surface area contributed by atoms with Crippen molar-refractivity contribution in [1.82, 2.24) is 0 Å². The smallest absolute Gasteiger partial charge is 0.350 e. The minimum absolute atomic E-state index is 0.230. The van der Waals surface area contributed by atoms with E-state index in [9.17, 15) is 4.79 Å². The van der Waals surface area contributed by atoms with E-state index < -0.39 is 0 Å². The molecule has 2 heterocycles. The van der Waals surface area contributed by atoms with Gasteiger partial charge in [-0.1, -0.05) is 64.7 Å². The maximum atomic E-state index is 11.8. The van der Waals surface area contributed by atoms with Gasteiger partial charge in [-0.25, -0.2) is 4.79 Å². The van der Waals surface area contributed by atoms with Crippen LogP contribution in [0.1, 0.15) is 87.2 Å². The molecule has 0 bridgehead atoms. The molecular formula is C20H32N2O2S. The number of anilines is 1. The maximum absolute atomic E-state index is 11.8. The standard InChI is InChI=1S/C20H32N2O2S/c1-2-3-4-5-6-7-8-9-10-11-14-21-18-12-15-24-20(23)19-17(22-18)13-16-25-19/h13,16H,2-12,14-15H2,1H3,(H,21,22). The molecule has 1 N–H and O–H groups in total. The van der Waals surface area contributed by atoms with Crippen LogP contribution in [0.4, 0.5) is 5.69 Å². The number of hydrogen-bond donors (Lipinski definition) is 1. The number of nitrogens with one attached hydrogen (secondary N) is 1. The number of esters is 1. The van der Waals surface area contributed by atoms with Gasteiger partial charge in [0.05, 0.1) is 12.3 Å². The van der Waals surface area contributed by atoms with E-state index in [-0.39, 0.29) is 5.97 Å². The molecule has 0 spiro atoms. The third kappa shape index (κ3) is 7.59. The average molecular weight is 365 g/mol. The molecule has 1 aromatic heterocycles. The summed E-state index contributed by atoms with van der Waals surface area (Å²) >= 11 is 1.41. The van der Waals surface area contributed by atoms with Gasteiger partial charge in [-0.3, -0.25) is 4.99 Å². The van der Waals surface area contributed by atoms with Crippen molar-refractivity contribution >= 4 is 28.8 Å². The summed E-state index contributed by atoms with van der Waals surface area (Å²) < 4.78 is 5.26. The van der Waals surface area contributed by atoms with Crippen molar-refractivity contribution in [2.45, 2.75) is 77.6 Å². The Labute approximate surface area is 156 Å². The number of amidine groups is 1. The SMILES string of the molecule is CCCCCCCCCCCCN=C1CCOC(=O)c2sccc2N1. The molecular weight excluding hydrogens is 332 g/mol. The number of ether oxygens (including phenoxy) is 1. The quantitative estimate of drug-likeness (QED) is 0.385. The molecule has 0 unspecified atom stereocenters. The Hall–Kier alpha value is -1.36. The second-order valence-corrected chi connectivity index (χ2v) is 7.60. The number of unbranched alkanes of at least 4 members (excludes halogenated alkanes) is 9. The van der Waals surface area contributed by atoms with E-state index in [0.717, 1.165) is 24.5 Å². The van der Waals surface area contributed by atoms with Crippen molar-refractivity contribution in [2.75, 3.05) is 18.5 Å². The summed E-state index contributed by atoms with van der Waals surface area (Å²) in [5.74, 6) is 0.703. The second-order valence-electron chi connectivity index (χ2n) is 6.68. The van der Waals surface area contributed by atoms with Crippen LogP contribution in [0.25, 0.3) is 0 Å². The predicted octanol–water partition coefficient (Wildman–Crippen LogP) is 6.04. The largest absolute Gasteiger partial charge is 0.461 e. The zero-order chi connectivity index (χ0) is 17.7. The summed E-state index contributed by atoms with van der Waals surface area (Å²) in [5.41, 5.74) is 0.830. The van der Waals surface area contributed by atoms with Gasteiger partial charge in [0.15, 0.2) is 0 Å². The van der Waals surface area contributed by atoms with E-state index in [1.165, 1.54) is 69.1 Å². The lowest BCUT2D eigenvalue weighted by Gasteiger charge is -2.14. The van der Waals surface area contributed by atoms with Gasteiger partial charge < -0.3 is 10.1 Å². The van der Waals surface area contributed by atoms with Crippen LogP contribution < -0.4 is 5.32 Å². The highest BCUT2D eigenvalue weighted by Gasteiger charge is 2.18. The number of hydrogen-bond acceptors (Lipinski definition) is 4. The maximum Gasteiger partial charge on any atom is 0.350 e. The highest BCUT2D eigenvalue weighted by molar-refractivity contribution is 7.12. The summed E-state index contributed by atoms with van der Waals surface area (Å²) in [5, 5.41) is 5.21. The molecule has 0 saturated heterocycles. The molecule has 1 aromatic rings. The van der Waals surface area contributed by atoms with Crippen LogP contribution in [0.3, 0.4) is 0 Å². The fraction of sp³-hybridized carbons (Fsp3) is 0.700. The first-order valence-corrected chi connectivity index (χ1v) is 10.7. The zero-order valence-electron chi connectivity index (χ0n) is 15.5. The lowest BCUT2D eigenvalue weighted by molar-refractivity contribution is 0.0521. The normalized spacial score (nSPS) is 16.0. The number of carbonyl (C=O) groups is 1. The van der Waals surface area contributed by atoms with Crippen LogP contribution >= 0.6 is 11.3 Å². The van der Waals surface area contributed by atoms with Gasteiger partial charge in [-0.2, -0.15) is 0 Å². The summed E-state index contributed by atoms with van der Waals surface area (Å²) in [7, 11) is 0. The fourth-order valence-electron chi connectivity index (χ4n) is 3.02. The van der Waals surface area contributed by atoms with Crippen molar-refractivity contribution in [2.24, 2.45) is 4.99 Å². The van der Waals surface area contributed by atoms with Crippen LogP contribution in [0.2, 0.25) is 0 Å². The highest BCUT2D eigenvalue weighted by atomic mass is 32.1. The summed E-state index contributed by atoms with van der Waals surface area (Å²) in [6.07, 6.45) is 14.0. The minimum atomic E-state index is -0.230. The molecule has 0 radical (unpaired) electrons. The molecule has 0 aliphatic carbocycles. The molecule has 1 aliphatic heterocycles.